The van der Waals surface area contributed by atoms with E-state index in [0.717, 1.165) is 0 Å². The van der Waals surface area contributed by atoms with Crippen molar-refractivity contribution >= 4 is 5.97 Å². The van der Waals surface area contributed by atoms with Crippen LogP contribution in [0.2, 0.25) is 0 Å². The van der Waals surface area contributed by atoms with Gasteiger partial charge in [0.2, 0.25) is 0 Å². The molecule has 1 aromatic heterocycles. The molecule has 0 bridgehead atoms. The summed E-state index contributed by atoms with van der Waals surface area (Å²) in [7, 11) is 0. The number of carboxylic acids is 1. The summed E-state index contributed by atoms with van der Waals surface area (Å²) in [4.78, 5) is 10.1. The topological polar surface area (TPSA) is 50.4 Å². The molecular formula is C8H8F2O3. The summed E-state index contributed by atoms with van der Waals surface area (Å²) in [5, 5.41) is 8.15. The number of carbonyl (C=O) groups is 1. The summed E-state index contributed by atoms with van der Waals surface area (Å²) in [6.07, 6.45) is 0.424. The second-order valence-electron chi connectivity index (χ2n) is 2.69. The van der Waals surface area contributed by atoms with Crippen molar-refractivity contribution in [3.8, 4) is 0 Å². The fraction of sp³-hybridized carbons (Fsp3) is 0.375. The number of hydrogen-bond donors (Lipinski definition) is 1. The van der Waals surface area contributed by atoms with Crippen molar-refractivity contribution in [2.45, 2.75) is 19.3 Å². The SMILES string of the molecule is Cc1occc1CC(F)(F)C(=O)O. The van der Waals surface area contributed by atoms with E-state index in [1.165, 1.54) is 19.3 Å². The molecule has 0 amide bonds. The smallest absolute Gasteiger partial charge is 0.374 e. The third kappa shape index (κ3) is 2.05. The van der Waals surface area contributed by atoms with Gasteiger partial charge in [0.05, 0.1) is 12.7 Å². The highest BCUT2D eigenvalue weighted by molar-refractivity contribution is 5.75. The van der Waals surface area contributed by atoms with Gasteiger partial charge in [0.1, 0.15) is 5.76 Å². The summed E-state index contributed by atoms with van der Waals surface area (Å²) in [6.45, 7) is 1.51. The molecule has 5 heteroatoms. The number of aryl methyl sites for hydroxylation is 1. The largest absolute Gasteiger partial charge is 0.477 e. The highest BCUT2D eigenvalue weighted by Crippen LogP contribution is 2.22. The second-order valence-corrected chi connectivity index (χ2v) is 2.69. The fourth-order valence-electron chi connectivity index (χ4n) is 0.909. The van der Waals surface area contributed by atoms with Crippen LogP contribution >= 0.6 is 0 Å². The Labute approximate surface area is 73.0 Å². The number of rotatable bonds is 3. The molecule has 0 radical (unpaired) electrons. The van der Waals surface area contributed by atoms with Gasteiger partial charge in [0, 0.05) is 0 Å². The maximum Gasteiger partial charge on any atom is 0.374 e. The zero-order chi connectivity index (χ0) is 10.1. The molecule has 0 aliphatic carbocycles. The van der Waals surface area contributed by atoms with E-state index >= 15 is 0 Å². The molecule has 1 N–H and O–H groups in total. The highest BCUT2D eigenvalue weighted by atomic mass is 19.3. The number of furan rings is 1. The summed E-state index contributed by atoms with van der Waals surface area (Å²) in [6, 6.07) is 1.34. The highest BCUT2D eigenvalue weighted by Gasteiger charge is 2.39. The molecule has 0 saturated heterocycles. The maximum atomic E-state index is 12.6. The van der Waals surface area contributed by atoms with E-state index in [4.69, 9.17) is 9.52 Å². The van der Waals surface area contributed by atoms with Gasteiger partial charge in [-0.1, -0.05) is 0 Å². The molecule has 1 aromatic rings. The van der Waals surface area contributed by atoms with Gasteiger partial charge in [-0.3, -0.25) is 0 Å². The zero-order valence-corrected chi connectivity index (χ0v) is 6.88. The van der Waals surface area contributed by atoms with Gasteiger partial charge in [-0.15, -0.1) is 0 Å². The van der Waals surface area contributed by atoms with Gasteiger partial charge in [-0.05, 0) is 18.6 Å². The molecule has 0 fully saturated rings. The maximum absolute atomic E-state index is 12.6. The van der Waals surface area contributed by atoms with Crippen LogP contribution in [0.25, 0.3) is 0 Å². The third-order valence-electron chi connectivity index (χ3n) is 1.69. The number of aliphatic carboxylic acids is 1. The molecule has 0 spiro atoms. The van der Waals surface area contributed by atoms with E-state index in [0.29, 0.717) is 5.76 Å². The first-order valence-electron chi connectivity index (χ1n) is 3.57. The van der Waals surface area contributed by atoms with Crippen LogP contribution in [0.1, 0.15) is 11.3 Å². The molecule has 3 nitrogen and oxygen atoms in total. The van der Waals surface area contributed by atoms with E-state index in [2.05, 4.69) is 0 Å². The molecule has 0 atom stereocenters. The van der Waals surface area contributed by atoms with Crippen molar-refractivity contribution < 1.29 is 23.1 Å². The lowest BCUT2D eigenvalue weighted by Crippen LogP contribution is -2.30. The molecule has 0 aromatic carbocycles. The van der Waals surface area contributed by atoms with Crippen molar-refractivity contribution in [3.63, 3.8) is 0 Å². The third-order valence-corrected chi connectivity index (χ3v) is 1.69. The monoisotopic (exact) mass is 190 g/mol. The van der Waals surface area contributed by atoms with E-state index in [9.17, 15) is 13.6 Å². The number of alkyl halides is 2. The van der Waals surface area contributed by atoms with Crippen molar-refractivity contribution in [2.75, 3.05) is 0 Å². The van der Waals surface area contributed by atoms with Gasteiger partial charge >= 0.3 is 11.9 Å². The standard InChI is InChI=1S/C8H8F2O3/c1-5-6(2-3-13-5)4-8(9,10)7(11)12/h2-3H,4H2,1H3,(H,11,12). The van der Waals surface area contributed by atoms with Crippen LogP contribution in [0.4, 0.5) is 8.78 Å². The first-order valence-corrected chi connectivity index (χ1v) is 3.57. The summed E-state index contributed by atoms with van der Waals surface area (Å²) < 4.78 is 30.1. The Morgan fingerprint density at radius 1 is 1.69 bits per heavy atom. The number of carboxylic acid groups (broad SMARTS) is 1. The average molecular weight is 190 g/mol. The molecule has 0 saturated carbocycles. The molecule has 0 aliphatic rings. The van der Waals surface area contributed by atoms with Crippen molar-refractivity contribution in [2.24, 2.45) is 0 Å². The Balaban J connectivity index is 2.80. The van der Waals surface area contributed by atoms with Gasteiger partial charge in [-0.2, -0.15) is 8.78 Å². The minimum Gasteiger partial charge on any atom is -0.477 e. The normalized spacial score (nSPS) is 11.6. The lowest BCUT2D eigenvalue weighted by molar-refractivity contribution is -0.164. The quantitative estimate of drug-likeness (QED) is 0.791. The minimum absolute atomic E-state index is 0.215. The van der Waals surface area contributed by atoms with Gasteiger partial charge in [0.15, 0.2) is 0 Å². The Kier molecular flexibility index (Phi) is 2.36. The van der Waals surface area contributed by atoms with Crippen LogP contribution < -0.4 is 0 Å². The Morgan fingerprint density at radius 2 is 2.31 bits per heavy atom. The van der Waals surface area contributed by atoms with Crippen LogP contribution in [0.15, 0.2) is 16.7 Å². The average Bonchev–Trinajstić information content (AvgIpc) is 2.35. The Morgan fingerprint density at radius 3 is 2.69 bits per heavy atom. The minimum atomic E-state index is -3.73. The number of hydrogen-bond acceptors (Lipinski definition) is 2. The van der Waals surface area contributed by atoms with Crippen LogP contribution in [0.3, 0.4) is 0 Å². The number of halogens is 2. The first kappa shape index (κ1) is 9.70. The predicted molar refractivity (Wildman–Crippen MR) is 39.7 cm³/mol. The Bertz CT molecular complexity index is 317. The van der Waals surface area contributed by atoms with E-state index in [1.807, 2.05) is 0 Å². The molecule has 0 aliphatic heterocycles. The summed E-state index contributed by atoms with van der Waals surface area (Å²) >= 11 is 0. The zero-order valence-electron chi connectivity index (χ0n) is 6.88. The Hall–Kier alpha value is -1.39. The van der Waals surface area contributed by atoms with Gasteiger partial charge < -0.3 is 9.52 Å². The first-order chi connectivity index (χ1) is 5.93. The van der Waals surface area contributed by atoms with Crippen LogP contribution in [0, 0.1) is 6.92 Å². The lowest BCUT2D eigenvalue weighted by atomic mass is 10.1. The van der Waals surface area contributed by atoms with Gasteiger partial charge in [-0.25, -0.2) is 4.79 Å². The van der Waals surface area contributed by atoms with Crippen LogP contribution in [-0.4, -0.2) is 17.0 Å². The van der Waals surface area contributed by atoms with Crippen molar-refractivity contribution in [1.82, 2.24) is 0 Å². The molecular weight excluding hydrogens is 182 g/mol. The summed E-state index contributed by atoms with van der Waals surface area (Å²) in [5.41, 5.74) is 0.215. The predicted octanol–water partition coefficient (Wildman–Crippen LogP) is 1.85. The molecule has 1 rings (SSSR count). The molecule has 0 unspecified atom stereocenters. The molecule has 1 heterocycles. The molecule has 13 heavy (non-hydrogen) atoms. The fourth-order valence-corrected chi connectivity index (χ4v) is 0.909. The van der Waals surface area contributed by atoms with Crippen molar-refractivity contribution in [1.29, 1.82) is 0 Å². The van der Waals surface area contributed by atoms with E-state index in [-0.39, 0.29) is 5.56 Å². The molecule has 72 valence electrons. The van der Waals surface area contributed by atoms with Crippen molar-refractivity contribution in [3.05, 3.63) is 23.7 Å². The summed E-state index contributed by atoms with van der Waals surface area (Å²) in [5.74, 6) is -5.52. The van der Waals surface area contributed by atoms with Gasteiger partial charge in [0.25, 0.3) is 0 Å². The van der Waals surface area contributed by atoms with Crippen LogP contribution in [-0.2, 0) is 11.2 Å². The van der Waals surface area contributed by atoms with E-state index < -0.39 is 18.3 Å². The van der Waals surface area contributed by atoms with Crippen LogP contribution in [0.5, 0.6) is 0 Å². The second kappa shape index (κ2) is 3.16. The lowest BCUT2D eigenvalue weighted by Gasteiger charge is -2.09. The van der Waals surface area contributed by atoms with E-state index in [1.54, 1.807) is 0 Å².